The summed E-state index contributed by atoms with van der Waals surface area (Å²) in [4.78, 5) is 0. The van der Waals surface area contributed by atoms with Crippen molar-refractivity contribution in [3.63, 3.8) is 0 Å². The summed E-state index contributed by atoms with van der Waals surface area (Å²) in [6.07, 6.45) is 0. The fraction of sp³-hybridized carbons (Fsp3) is 0.667. The van der Waals surface area contributed by atoms with Crippen LogP contribution in [0.5, 0.6) is 0 Å². The molecule has 0 spiro atoms. The van der Waals surface area contributed by atoms with Crippen LogP contribution in [0, 0.1) is 0 Å². The second-order valence-corrected chi connectivity index (χ2v) is 4.06. The predicted molar refractivity (Wildman–Crippen MR) is 48.1 cm³/mol. The normalized spacial score (nSPS) is 8.80. The highest BCUT2D eigenvalue weighted by atomic mass is 79.9. The molecule has 0 N–H and O–H groups in total. The zero-order valence-corrected chi connectivity index (χ0v) is 9.16. The van der Waals surface area contributed by atoms with Gasteiger partial charge in [0.1, 0.15) is 3.39 Å². The number of ether oxygens (including phenoxy) is 2. The van der Waals surface area contributed by atoms with E-state index in [1.807, 2.05) is 13.8 Å². The van der Waals surface area contributed by atoms with E-state index in [0.717, 1.165) is 0 Å². The second-order valence-electron chi connectivity index (χ2n) is 1.41. The van der Waals surface area contributed by atoms with Crippen molar-refractivity contribution in [1.82, 2.24) is 0 Å². The predicted octanol–water partition coefficient (Wildman–Crippen LogP) is 2.98. The van der Waals surface area contributed by atoms with E-state index in [0.29, 0.717) is 22.6 Å². The van der Waals surface area contributed by atoms with Gasteiger partial charge in [0.05, 0.1) is 13.2 Å². The van der Waals surface area contributed by atoms with Crippen LogP contribution in [-0.2, 0) is 9.47 Å². The molecule has 0 unspecified atom stereocenters. The van der Waals surface area contributed by atoms with Gasteiger partial charge < -0.3 is 9.47 Å². The van der Waals surface area contributed by atoms with Crippen molar-refractivity contribution in [1.29, 1.82) is 0 Å². The van der Waals surface area contributed by atoms with Crippen LogP contribution in [0.15, 0.2) is 9.34 Å². The molecule has 10 heavy (non-hydrogen) atoms. The maximum absolute atomic E-state index is 5.11. The first-order valence-corrected chi connectivity index (χ1v) is 4.61. The lowest BCUT2D eigenvalue weighted by Gasteiger charge is -2.07. The topological polar surface area (TPSA) is 18.5 Å². The first kappa shape index (κ1) is 10.3. The molecule has 0 radical (unpaired) electrons. The van der Waals surface area contributed by atoms with Gasteiger partial charge in [-0.25, -0.2) is 0 Å². The van der Waals surface area contributed by atoms with E-state index in [4.69, 9.17) is 9.47 Å². The molecule has 0 aliphatic heterocycles. The van der Waals surface area contributed by atoms with E-state index < -0.39 is 0 Å². The highest BCUT2D eigenvalue weighted by molar-refractivity contribution is 9.28. The Balaban J connectivity index is 3.86. The summed E-state index contributed by atoms with van der Waals surface area (Å²) in [6.45, 7) is 5.02. The smallest absolute Gasteiger partial charge is 0.301 e. The van der Waals surface area contributed by atoms with Gasteiger partial charge in [0, 0.05) is 0 Å². The molecule has 0 atom stereocenters. The summed E-state index contributed by atoms with van der Waals surface area (Å²) in [5.41, 5.74) is 0. The standard InChI is InChI=1S/C6H10Br2O2/c1-3-9-6(5(7)8)10-4-2/h3-4H2,1-2H3. The van der Waals surface area contributed by atoms with Gasteiger partial charge in [-0.05, 0) is 45.7 Å². The van der Waals surface area contributed by atoms with Gasteiger partial charge >= 0.3 is 5.95 Å². The highest BCUT2D eigenvalue weighted by Gasteiger charge is 2.01. The van der Waals surface area contributed by atoms with Crippen LogP contribution in [-0.4, -0.2) is 13.2 Å². The average Bonchev–Trinajstić information content (AvgIpc) is 1.87. The van der Waals surface area contributed by atoms with Crippen molar-refractivity contribution in [3.8, 4) is 0 Å². The van der Waals surface area contributed by atoms with Gasteiger partial charge in [-0.1, -0.05) is 0 Å². The van der Waals surface area contributed by atoms with Crippen molar-refractivity contribution in [2.24, 2.45) is 0 Å². The maximum atomic E-state index is 5.11. The molecule has 2 nitrogen and oxygen atoms in total. The Morgan fingerprint density at radius 3 is 1.70 bits per heavy atom. The highest BCUT2D eigenvalue weighted by Crippen LogP contribution is 2.20. The maximum Gasteiger partial charge on any atom is 0.301 e. The molecule has 0 saturated heterocycles. The molecule has 0 amide bonds. The van der Waals surface area contributed by atoms with E-state index >= 15 is 0 Å². The minimum Gasteiger partial charge on any atom is -0.465 e. The number of halogens is 2. The fourth-order valence-electron chi connectivity index (χ4n) is 0.413. The molecule has 0 rings (SSSR count). The molecule has 0 aliphatic carbocycles. The first-order chi connectivity index (χ1) is 4.72. The summed E-state index contributed by atoms with van der Waals surface area (Å²) in [6, 6.07) is 0. The molecule has 0 aromatic heterocycles. The molecule has 0 heterocycles. The summed E-state index contributed by atoms with van der Waals surface area (Å²) in [7, 11) is 0. The van der Waals surface area contributed by atoms with E-state index in [2.05, 4.69) is 31.9 Å². The van der Waals surface area contributed by atoms with Crippen molar-refractivity contribution < 1.29 is 9.47 Å². The Labute approximate surface area is 77.8 Å². The minimum atomic E-state index is 0.505. The molecule has 0 saturated carbocycles. The molecule has 60 valence electrons. The third kappa shape index (κ3) is 4.17. The number of hydrogen-bond donors (Lipinski definition) is 0. The Hall–Kier alpha value is 0.300. The van der Waals surface area contributed by atoms with Crippen LogP contribution in [0.25, 0.3) is 0 Å². The molecular formula is C6H10Br2O2. The molecule has 0 aliphatic rings. The lowest BCUT2D eigenvalue weighted by atomic mass is 10.8. The van der Waals surface area contributed by atoms with E-state index in [1.165, 1.54) is 0 Å². The van der Waals surface area contributed by atoms with Gasteiger partial charge in [0.2, 0.25) is 0 Å². The summed E-state index contributed by atoms with van der Waals surface area (Å²) in [5, 5.41) is 0. The van der Waals surface area contributed by atoms with Crippen molar-refractivity contribution in [3.05, 3.63) is 9.34 Å². The van der Waals surface area contributed by atoms with Crippen molar-refractivity contribution in [2.45, 2.75) is 13.8 Å². The van der Waals surface area contributed by atoms with Crippen LogP contribution < -0.4 is 0 Å². The summed E-state index contributed by atoms with van der Waals surface area (Å²) < 4.78 is 10.9. The van der Waals surface area contributed by atoms with Gasteiger partial charge in [0.15, 0.2) is 0 Å². The Kier molecular flexibility index (Phi) is 6.22. The monoisotopic (exact) mass is 272 g/mol. The van der Waals surface area contributed by atoms with Gasteiger partial charge in [-0.15, -0.1) is 0 Å². The lowest BCUT2D eigenvalue weighted by Crippen LogP contribution is -1.97. The van der Waals surface area contributed by atoms with E-state index in [9.17, 15) is 0 Å². The Bertz CT molecular complexity index is 111. The Morgan fingerprint density at radius 2 is 1.50 bits per heavy atom. The third-order valence-electron chi connectivity index (χ3n) is 0.705. The molecule has 0 bridgehead atoms. The van der Waals surface area contributed by atoms with Crippen LogP contribution >= 0.6 is 31.9 Å². The minimum absolute atomic E-state index is 0.505. The van der Waals surface area contributed by atoms with Gasteiger partial charge in [-0.3, -0.25) is 0 Å². The average molecular weight is 274 g/mol. The van der Waals surface area contributed by atoms with Crippen LogP contribution in [0.4, 0.5) is 0 Å². The quantitative estimate of drug-likeness (QED) is 0.734. The largest absolute Gasteiger partial charge is 0.465 e. The van der Waals surface area contributed by atoms with E-state index in [-0.39, 0.29) is 0 Å². The van der Waals surface area contributed by atoms with Gasteiger partial charge in [0.25, 0.3) is 0 Å². The zero-order valence-electron chi connectivity index (χ0n) is 5.99. The molecule has 4 heteroatoms. The molecular weight excluding hydrogens is 264 g/mol. The van der Waals surface area contributed by atoms with Gasteiger partial charge in [-0.2, -0.15) is 0 Å². The SMILES string of the molecule is CCOC(OCC)=C(Br)Br. The lowest BCUT2D eigenvalue weighted by molar-refractivity contribution is 0.0473. The summed E-state index contributed by atoms with van der Waals surface area (Å²) in [5.74, 6) is 0.505. The second kappa shape index (κ2) is 6.04. The zero-order chi connectivity index (χ0) is 7.98. The Morgan fingerprint density at radius 1 is 1.10 bits per heavy atom. The van der Waals surface area contributed by atoms with Crippen LogP contribution in [0.2, 0.25) is 0 Å². The summed E-state index contributed by atoms with van der Waals surface area (Å²) >= 11 is 6.38. The third-order valence-corrected chi connectivity index (χ3v) is 1.35. The van der Waals surface area contributed by atoms with Crippen molar-refractivity contribution in [2.75, 3.05) is 13.2 Å². The number of rotatable bonds is 4. The fourth-order valence-corrected chi connectivity index (χ4v) is 0.871. The molecule has 0 aromatic rings. The van der Waals surface area contributed by atoms with E-state index in [1.54, 1.807) is 0 Å². The van der Waals surface area contributed by atoms with Crippen molar-refractivity contribution >= 4 is 31.9 Å². The molecule has 0 fully saturated rings. The number of hydrogen-bond acceptors (Lipinski definition) is 2. The first-order valence-electron chi connectivity index (χ1n) is 3.03. The molecule has 0 aromatic carbocycles. The van der Waals surface area contributed by atoms with Crippen LogP contribution in [0.3, 0.4) is 0 Å². The van der Waals surface area contributed by atoms with Crippen LogP contribution in [0.1, 0.15) is 13.8 Å².